The average molecular weight is 390 g/mol. The van der Waals surface area contributed by atoms with Crippen LogP contribution < -0.4 is 10.5 Å². The number of sulfonamides is 1. The molecule has 0 fully saturated rings. The monoisotopic (exact) mass is 388 g/mol. The summed E-state index contributed by atoms with van der Waals surface area (Å²) in [6, 6.07) is 8.45. The Morgan fingerprint density at radius 2 is 1.76 bits per heavy atom. The lowest BCUT2D eigenvalue weighted by atomic mass is 10.1. The van der Waals surface area contributed by atoms with Gasteiger partial charge < -0.3 is 5.73 Å². The minimum Gasteiger partial charge on any atom is -0.397 e. The largest absolute Gasteiger partial charge is 0.397 e. The molecule has 0 aliphatic rings. The molecule has 0 aliphatic heterocycles. The van der Waals surface area contributed by atoms with Gasteiger partial charge in [-0.1, -0.05) is 39.7 Å². The van der Waals surface area contributed by atoms with Crippen molar-refractivity contribution in [3.05, 3.63) is 51.0 Å². The highest BCUT2D eigenvalue weighted by Crippen LogP contribution is 2.31. The van der Waals surface area contributed by atoms with Gasteiger partial charge in [-0.05, 0) is 43.2 Å². The van der Waals surface area contributed by atoms with Crippen molar-refractivity contribution < 1.29 is 8.42 Å². The Bertz CT molecular complexity index is 807. The third-order valence-corrected chi connectivity index (χ3v) is 5.44. The predicted octanol–water partition coefficient (Wildman–Crippen LogP) is 4.10. The maximum atomic E-state index is 12.6. The number of hydrogen-bond donors (Lipinski definition) is 2. The van der Waals surface area contributed by atoms with Crippen LogP contribution in [0.4, 0.5) is 11.4 Å². The Balaban J connectivity index is 2.54. The van der Waals surface area contributed by atoms with Crippen LogP contribution in [0, 0.1) is 13.8 Å². The van der Waals surface area contributed by atoms with Gasteiger partial charge in [0.25, 0.3) is 10.0 Å². The van der Waals surface area contributed by atoms with Gasteiger partial charge in [-0.15, -0.1) is 0 Å². The van der Waals surface area contributed by atoms with Crippen LogP contribution >= 0.6 is 27.5 Å². The molecule has 2 aromatic carbocycles. The number of nitrogens with two attached hydrogens (primary N) is 1. The summed E-state index contributed by atoms with van der Waals surface area (Å²) in [5, 5.41) is 0.311. The summed E-state index contributed by atoms with van der Waals surface area (Å²) in [6.07, 6.45) is 0. The lowest BCUT2D eigenvalue weighted by Crippen LogP contribution is -2.17. The molecule has 2 rings (SSSR count). The molecule has 7 heteroatoms. The zero-order valence-corrected chi connectivity index (χ0v) is 14.6. The van der Waals surface area contributed by atoms with Gasteiger partial charge in [0, 0.05) is 4.47 Å². The highest BCUT2D eigenvalue weighted by Gasteiger charge is 2.22. The third kappa shape index (κ3) is 3.33. The minimum absolute atomic E-state index is 0.0820. The number of rotatable bonds is 3. The van der Waals surface area contributed by atoms with Crippen LogP contribution in [-0.4, -0.2) is 8.42 Å². The van der Waals surface area contributed by atoms with Crippen LogP contribution in [-0.2, 0) is 10.0 Å². The summed E-state index contributed by atoms with van der Waals surface area (Å²) < 4.78 is 28.4. The first-order valence-electron chi connectivity index (χ1n) is 6.06. The van der Waals surface area contributed by atoms with Gasteiger partial charge in [0.1, 0.15) is 4.90 Å². The Labute approximate surface area is 137 Å². The first-order valence-corrected chi connectivity index (χ1v) is 8.71. The summed E-state index contributed by atoms with van der Waals surface area (Å²) in [7, 11) is -3.82. The molecule has 0 heterocycles. The summed E-state index contributed by atoms with van der Waals surface area (Å²) in [5.74, 6) is 0. The third-order valence-electron chi connectivity index (χ3n) is 3.05. The first kappa shape index (κ1) is 16.1. The van der Waals surface area contributed by atoms with Crippen LogP contribution in [0.3, 0.4) is 0 Å². The van der Waals surface area contributed by atoms with Crippen LogP contribution in [0.15, 0.2) is 39.7 Å². The molecule has 2 aromatic rings. The molecular weight excluding hydrogens is 376 g/mol. The lowest BCUT2D eigenvalue weighted by Gasteiger charge is -2.15. The number of nitrogen functional groups attached to an aromatic ring is 1. The van der Waals surface area contributed by atoms with E-state index in [4.69, 9.17) is 17.3 Å². The molecule has 0 radical (unpaired) electrons. The van der Waals surface area contributed by atoms with Crippen LogP contribution in [0.25, 0.3) is 0 Å². The molecule has 0 unspecified atom stereocenters. The Hall–Kier alpha value is -1.24. The molecular formula is C14H14BrClN2O2S. The standard InChI is InChI=1S/C14H14BrClN2O2S/c1-8-3-4-9(2)14(13(8)17)21(19,20)18-12-7-10(15)5-6-11(12)16/h3-7,18H,17H2,1-2H3. The molecule has 3 N–H and O–H groups in total. The molecule has 0 spiro atoms. The summed E-state index contributed by atoms with van der Waals surface area (Å²) in [6.45, 7) is 3.47. The molecule has 0 amide bonds. The molecule has 0 saturated heterocycles. The van der Waals surface area contributed by atoms with E-state index in [2.05, 4.69) is 20.7 Å². The molecule has 0 aromatic heterocycles. The maximum Gasteiger partial charge on any atom is 0.264 e. The van der Waals surface area contributed by atoms with E-state index in [-0.39, 0.29) is 10.6 Å². The molecule has 0 saturated carbocycles. The van der Waals surface area contributed by atoms with Crippen LogP contribution in [0.5, 0.6) is 0 Å². The molecule has 4 nitrogen and oxygen atoms in total. The van der Waals surface area contributed by atoms with Gasteiger partial charge in [0.05, 0.1) is 16.4 Å². The molecule has 0 atom stereocenters. The van der Waals surface area contributed by atoms with E-state index in [0.717, 1.165) is 4.47 Å². The highest BCUT2D eigenvalue weighted by molar-refractivity contribution is 9.10. The smallest absolute Gasteiger partial charge is 0.264 e. The van der Waals surface area contributed by atoms with Crippen molar-refractivity contribution in [3.8, 4) is 0 Å². The summed E-state index contributed by atoms with van der Waals surface area (Å²) in [5.41, 5.74) is 7.76. The fourth-order valence-electron chi connectivity index (χ4n) is 1.94. The molecule has 0 aliphatic carbocycles. The number of aryl methyl sites for hydroxylation is 2. The van der Waals surface area contributed by atoms with Crippen molar-refractivity contribution in [1.29, 1.82) is 0 Å². The van der Waals surface area contributed by atoms with Crippen LogP contribution in [0.2, 0.25) is 5.02 Å². The van der Waals surface area contributed by atoms with Crippen molar-refractivity contribution in [2.24, 2.45) is 0 Å². The van der Waals surface area contributed by atoms with E-state index in [1.807, 2.05) is 0 Å². The first-order chi connectivity index (χ1) is 9.72. The van der Waals surface area contributed by atoms with Crippen molar-refractivity contribution in [3.63, 3.8) is 0 Å². The van der Waals surface area contributed by atoms with Gasteiger partial charge in [0.15, 0.2) is 0 Å². The molecule has 112 valence electrons. The van der Waals surface area contributed by atoms with E-state index in [0.29, 0.717) is 21.8 Å². The fraction of sp³-hybridized carbons (Fsp3) is 0.143. The van der Waals surface area contributed by atoms with E-state index < -0.39 is 10.0 Å². The molecule has 21 heavy (non-hydrogen) atoms. The molecule has 0 bridgehead atoms. The van der Waals surface area contributed by atoms with Gasteiger partial charge >= 0.3 is 0 Å². The van der Waals surface area contributed by atoms with Gasteiger partial charge in [-0.25, -0.2) is 8.42 Å². The van der Waals surface area contributed by atoms with Crippen molar-refractivity contribution in [2.45, 2.75) is 18.7 Å². The Kier molecular flexibility index (Phi) is 4.51. The Morgan fingerprint density at radius 1 is 1.14 bits per heavy atom. The SMILES string of the molecule is Cc1ccc(C)c(S(=O)(=O)Nc2cc(Br)ccc2Cl)c1N. The fourth-order valence-corrected chi connectivity index (χ4v) is 4.02. The second-order valence-corrected chi connectivity index (χ2v) is 7.61. The highest BCUT2D eigenvalue weighted by atomic mass is 79.9. The van der Waals surface area contributed by atoms with Crippen molar-refractivity contribution in [2.75, 3.05) is 10.5 Å². The number of anilines is 2. The zero-order valence-electron chi connectivity index (χ0n) is 11.4. The second-order valence-electron chi connectivity index (χ2n) is 4.67. The van der Waals surface area contributed by atoms with Crippen molar-refractivity contribution >= 4 is 48.9 Å². The number of benzene rings is 2. The predicted molar refractivity (Wildman–Crippen MR) is 90.3 cm³/mol. The summed E-state index contributed by atoms with van der Waals surface area (Å²) >= 11 is 9.30. The average Bonchev–Trinajstić information content (AvgIpc) is 2.38. The topological polar surface area (TPSA) is 72.2 Å². The zero-order chi connectivity index (χ0) is 15.8. The van der Waals surface area contributed by atoms with E-state index >= 15 is 0 Å². The lowest BCUT2D eigenvalue weighted by molar-refractivity contribution is 0.601. The maximum absolute atomic E-state index is 12.6. The number of hydrogen-bond acceptors (Lipinski definition) is 3. The van der Waals surface area contributed by atoms with Crippen LogP contribution in [0.1, 0.15) is 11.1 Å². The van der Waals surface area contributed by atoms with Gasteiger partial charge in [-0.3, -0.25) is 4.72 Å². The minimum atomic E-state index is -3.82. The van der Waals surface area contributed by atoms with E-state index in [9.17, 15) is 8.42 Å². The van der Waals surface area contributed by atoms with E-state index in [1.54, 1.807) is 44.2 Å². The van der Waals surface area contributed by atoms with Gasteiger partial charge in [0.2, 0.25) is 0 Å². The van der Waals surface area contributed by atoms with Crippen molar-refractivity contribution in [1.82, 2.24) is 0 Å². The normalized spacial score (nSPS) is 11.4. The summed E-state index contributed by atoms with van der Waals surface area (Å²) in [4.78, 5) is 0.0820. The van der Waals surface area contributed by atoms with E-state index in [1.165, 1.54) is 0 Å². The Morgan fingerprint density at radius 3 is 2.43 bits per heavy atom. The van der Waals surface area contributed by atoms with Gasteiger partial charge in [-0.2, -0.15) is 0 Å². The quantitative estimate of drug-likeness (QED) is 0.776. The second kappa shape index (κ2) is 5.87. The number of nitrogens with one attached hydrogen (secondary N) is 1. The number of halogens is 2.